The van der Waals surface area contributed by atoms with Crippen molar-refractivity contribution in [2.24, 2.45) is 5.92 Å². The molecule has 0 aliphatic rings. The third-order valence-corrected chi connectivity index (χ3v) is 5.91. The van der Waals surface area contributed by atoms with Crippen LogP contribution in [0.25, 0.3) is 10.2 Å². The number of amides is 1. The number of ether oxygens (including phenoxy) is 1. The summed E-state index contributed by atoms with van der Waals surface area (Å²) in [6, 6.07) is 7.45. The molecule has 0 fully saturated rings. The van der Waals surface area contributed by atoms with Gasteiger partial charge in [0.25, 0.3) is 5.56 Å². The molecule has 1 aromatic carbocycles. The zero-order valence-corrected chi connectivity index (χ0v) is 17.9. The van der Waals surface area contributed by atoms with Gasteiger partial charge in [-0.2, -0.15) is 0 Å². The summed E-state index contributed by atoms with van der Waals surface area (Å²) in [5, 5.41) is 5.31. The molecule has 148 valence electrons. The van der Waals surface area contributed by atoms with E-state index in [4.69, 9.17) is 4.74 Å². The molecule has 3 rings (SSSR count). The van der Waals surface area contributed by atoms with E-state index in [2.05, 4.69) is 24.1 Å². The van der Waals surface area contributed by atoms with E-state index in [1.807, 2.05) is 36.6 Å². The van der Waals surface area contributed by atoms with E-state index in [-0.39, 0.29) is 17.2 Å². The topological polar surface area (TPSA) is 73.2 Å². The number of hydrogen-bond acceptors (Lipinski definition) is 6. The molecular weight excluding hydrogens is 394 g/mol. The van der Waals surface area contributed by atoms with Gasteiger partial charge in [-0.1, -0.05) is 31.7 Å². The maximum Gasteiger partial charge on any atom is 0.272 e. The van der Waals surface area contributed by atoms with E-state index in [0.29, 0.717) is 39.3 Å². The van der Waals surface area contributed by atoms with Crippen LogP contribution in [0, 0.1) is 12.8 Å². The number of anilines is 1. The number of benzene rings is 1. The van der Waals surface area contributed by atoms with Gasteiger partial charge in [-0.05, 0) is 42.0 Å². The van der Waals surface area contributed by atoms with Gasteiger partial charge in [-0.25, -0.2) is 4.98 Å². The first-order valence-corrected chi connectivity index (χ1v) is 10.8. The Bertz CT molecular complexity index is 1060. The lowest BCUT2D eigenvalue weighted by Crippen LogP contribution is -2.25. The predicted octanol–water partition coefficient (Wildman–Crippen LogP) is 4.16. The van der Waals surface area contributed by atoms with Gasteiger partial charge in [0, 0.05) is 6.54 Å². The van der Waals surface area contributed by atoms with E-state index >= 15 is 0 Å². The fourth-order valence-corrected chi connectivity index (χ4v) is 4.38. The number of fused-ring (bicyclic) bond motifs is 1. The van der Waals surface area contributed by atoms with Crippen molar-refractivity contribution in [2.75, 3.05) is 18.2 Å². The van der Waals surface area contributed by atoms with Crippen molar-refractivity contribution < 1.29 is 9.53 Å². The maximum atomic E-state index is 12.8. The predicted molar refractivity (Wildman–Crippen MR) is 116 cm³/mol. The number of nitrogens with one attached hydrogen (secondary N) is 1. The SMILES string of the molecule is COc1ccc(C)cc1NC(=O)CSc1nc2ccsc2c(=O)n1CC(C)C. The zero-order chi connectivity index (χ0) is 20.3. The second-order valence-electron chi connectivity index (χ2n) is 6.88. The number of thioether (sulfide) groups is 1. The van der Waals surface area contributed by atoms with Crippen molar-refractivity contribution in [2.45, 2.75) is 32.5 Å². The van der Waals surface area contributed by atoms with Crippen molar-refractivity contribution in [1.29, 1.82) is 0 Å². The molecule has 0 atom stereocenters. The molecule has 1 N–H and O–H groups in total. The fourth-order valence-electron chi connectivity index (χ4n) is 2.80. The molecule has 2 aromatic heterocycles. The van der Waals surface area contributed by atoms with Crippen LogP contribution in [-0.2, 0) is 11.3 Å². The summed E-state index contributed by atoms with van der Waals surface area (Å²) < 4.78 is 7.63. The maximum absolute atomic E-state index is 12.8. The number of aromatic nitrogens is 2. The molecule has 0 radical (unpaired) electrons. The summed E-state index contributed by atoms with van der Waals surface area (Å²) in [5.41, 5.74) is 2.29. The van der Waals surface area contributed by atoms with Crippen LogP contribution in [0.2, 0.25) is 0 Å². The number of hydrogen-bond donors (Lipinski definition) is 1. The lowest BCUT2D eigenvalue weighted by atomic mass is 10.2. The molecule has 3 aromatic rings. The molecule has 0 aliphatic carbocycles. The molecule has 2 heterocycles. The van der Waals surface area contributed by atoms with Crippen LogP contribution in [0.1, 0.15) is 19.4 Å². The monoisotopic (exact) mass is 417 g/mol. The van der Waals surface area contributed by atoms with E-state index in [9.17, 15) is 9.59 Å². The average molecular weight is 418 g/mol. The third-order valence-electron chi connectivity index (χ3n) is 4.04. The summed E-state index contributed by atoms with van der Waals surface area (Å²) in [7, 11) is 1.57. The summed E-state index contributed by atoms with van der Waals surface area (Å²) in [5.74, 6) is 0.877. The lowest BCUT2D eigenvalue weighted by molar-refractivity contribution is -0.113. The normalized spacial score (nSPS) is 11.2. The van der Waals surface area contributed by atoms with Gasteiger partial charge in [-0.15, -0.1) is 11.3 Å². The van der Waals surface area contributed by atoms with Crippen LogP contribution in [0.5, 0.6) is 5.75 Å². The number of rotatable bonds is 7. The van der Waals surface area contributed by atoms with Crippen LogP contribution in [0.15, 0.2) is 39.6 Å². The average Bonchev–Trinajstić information content (AvgIpc) is 3.11. The molecule has 6 nitrogen and oxygen atoms in total. The number of aryl methyl sites for hydroxylation is 1. The number of thiophene rings is 1. The molecule has 0 unspecified atom stereocenters. The second-order valence-corrected chi connectivity index (χ2v) is 8.74. The van der Waals surface area contributed by atoms with Gasteiger partial charge in [0.1, 0.15) is 10.4 Å². The van der Waals surface area contributed by atoms with Gasteiger partial charge in [0.15, 0.2) is 5.16 Å². The number of methoxy groups -OCH3 is 1. The van der Waals surface area contributed by atoms with Crippen molar-refractivity contribution >= 4 is 44.9 Å². The van der Waals surface area contributed by atoms with Crippen LogP contribution in [-0.4, -0.2) is 28.3 Å². The summed E-state index contributed by atoms with van der Waals surface area (Å²) in [6.45, 7) is 6.62. The van der Waals surface area contributed by atoms with Crippen LogP contribution in [0.4, 0.5) is 5.69 Å². The zero-order valence-electron chi connectivity index (χ0n) is 16.3. The standard InChI is InChI=1S/C20H23N3O3S2/c1-12(2)10-23-19(25)18-14(7-8-27-18)22-20(23)28-11-17(24)21-15-9-13(3)5-6-16(15)26-4/h5-9,12H,10-11H2,1-4H3,(H,21,24). The highest BCUT2D eigenvalue weighted by molar-refractivity contribution is 7.99. The highest BCUT2D eigenvalue weighted by Gasteiger charge is 2.16. The highest BCUT2D eigenvalue weighted by atomic mass is 32.2. The van der Waals surface area contributed by atoms with Gasteiger partial charge in [0.05, 0.1) is 24.1 Å². The van der Waals surface area contributed by atoms with Gasteiger partial charge >= 0.3 is 0 Å². The Morgan fingerprint density at radius 2 is 2.14 bits per heavy atom. The summed E-state index contributed by atoms with van der Waals surface area (Å²) >= 11 is 2.67. The second kappa shape index (κ2) is 8.79. The molecule has 0 bridgehead atoms. The Labute approximate surface area is 171 Å². The number of nitrogens with zero attached hydrogens (tertiary/aromatic N) is 2. The lowest BCUT2D eigenvalue weighted by Gasteiger charge is -2.14. The Morgan fingerprint density at radius 3 is 2.86 bits per heavy atom. The van der Waals surface area contributed by atoms with Gasteiger partial charge in [0.2, 0.25) is 5.91 Å². The van der Waals surface area contributed by atoms with Crippen LogP contribution < -0.4 is 15.6 Å². The first-order chi connectivity index (χ1) is 13.4. The summed E-state index contributed by atoms with van der Waals surface area (Å²) in [6.07, 6.45) is 0. The van der Waals surface area contributed by atoms with E-state index in [1.165, 1.54) is 23.1 Å². The van der Waals surface area contributed by atoms with Crippen molar-refractivity contribution in [3.8, 4) is 5.75 Å². The Hall–Kier alpha value is -2.32. The first-order valence-electron chi connectivity index (χ1n) is 8.94. The molecule has 0 spiro atoms. The van der Waals surface area contributed by atoms with Crippen molar-refractivity contribution in [1.82, 2.24) is 9.55 Å². The van der Waals surface area contributed by atoms with Gasteiger partial charge in [-0.3, -0.25) is 14.2 Å². The number of carbonyl (C=O) groups excluding carboxylic acids is 1. The van der Waals surface area contributed by atoms with Crippen molar-refractivity contribution in [3.63, 3.8) is 0 Å². The van der Waals surface area contributed by atoms with Crippen LogP contribution >= 0.6 is 23.1 Å². The fraction of sp³-hybridized carbons (Fsp3) is 0.350. The molecule has 0 aliphatic heterocycles. The van der Waals surface area contributed by atoms with E-state index in [0.717, 1.165) is 5.56 Å². The molecule has 28 heavy (non-hydrogen) atoms. The van der Waals surface area contributed by atoms with Gasteiger partial charge < -0.3 is 10.1 Å². The largest absolute Gasteiger partial charge is 0.495 e. The Balaban J connectivity index is 1.80. The smallest absolute Gasteiger partial charge is 0.272 e. The highest BCUT2D eigenvalue weighted by Crippen LogP contribution is 2.26. The van der Waals surface area contributed by atoms with E-state index < -0.39 is 0 Å². The molecule has 8 heteroatoms. The molecule has 0 saturated carbocycles. The third kappa shape index (κ3) is 4.56. The minimum Gasteiger partial charge on any atom is -0.495 e. The number of carbonyl (C=O) groups is 1. The summed E-state index contributed by atoms with van der Waals surface area (Å²) in [4.78, 5) is 29.9. The minimum atomic E-state index is -0.176. The quantitative estimate of drug-likeness (QED) is 0.462. The van der Waals surface area contributed by atoms with Crippen LogP contribution in [0.3, 0.4) is 0 Å². The first kappa shape index (κ1) is 20.4. The van der Waals surface area contributed by atoms with E-state index in [1.54, 1.807) is 11.7 Å². The Morgan fingerprint density at radius 1 is 1.36 bits per heavy atom. The van der Waals surface area contributed by atoms with Crippen molar-refractivity contribution in [3.05, 3.63) is 45.6 Å². The molecule has 1 amide bonds. The minimum absolute atomic E-state index is 0.0445. The molecule has 0 saturated heterocycles. The molecular formula is C20H23N3O3S2. The Kier molecular flexibility index (Phi) is 6.41.